The number of rotatable bonds is 6. The van der Waals surface area contributed by atoms with Gasteiger partial charge in [0.15, 0.2) is 0 Å². The summed E-state index contributed by atoms with van der Waals surface area (Å²) in [6.45, 7) is 2.10. The molecule has 0 bridgehead atoms. The van der Waals surface area contributed by atoms with Gasteiger partial charge in [-0.15, -0.1) is 0 Å². The van der Waals surface area contributed by atoms with E-state index in [1.54, 1.807) is 36.4 Å². The normalized spacial score (nSPS) is 10.8. The average molecular weight is 633 g/mol. The van der Waals surface area contributed by atoms with Crippen molar-refractivity contribution in [2.45, 2.75) is 13.5 Å². The Bertz CT molecular complexity index is 1320. The molecule has 0 saturated carbocycles. The summed E-state index contributed by atoms with van der Waals surface area (Å²) in [4.78, 5) is 12.6. The van der Waals surface area contributed by atoms with Crippen molar-refractivity contribution in [3.63, 3.8) is 0 Å². The summed E-state index contributed by atoms with van der Waals surface area (Å²) in [7, 11) is 0. The Kier molecular flexibility index (Phi) is 8.51. The van der Waals surface area contributed by atoms with Crippen molar-refractivity contribution in [3.8, 4) is 17.9 Å². The molecule has 1 N–H and O–H groups in total. The summed E-state index contributed by atoms with van der Waals surface area (Å²) >= 11 is 11.7. The van der Waals surface area contributed by atoms with Crippen molar-refractivity contribution in [1.82, 2.24) is 0 Å². The van der Waals surface area contributed by atoms with E-state index in [1.165, 1.54) is 6.08 Å². The number of hydrogen-bond acceptors (Lipinski definition) is 4. The number of carbonyl (C=O) groups is 1. The molecule has 3 aromatic rings. The number of aryl methyl sites for hydroxylation is 1. The maximum atomic E-state index is 12.6. The van der Waals surface area contributed by atoms with E-state index in [4.69, 9.17) is 16.3 Å². The monoisotopic (exact) mass is 631 g/mol. The van der Waals surface area contributed by atoms with Crippen molar-refractivity contribution in [2.75, 3.05) is 5.32 Å². The first-order valence-electron chi connectivity index (χ1n) is 9.61. The molecule has 0 aliphatic carbocycles. The quantitative estimate of drug-likeness (QED) is 0.180. The molecule has 0 atom stereocenters. The highest BCUT2D eigenvalue weighted by molar-refractivity contribution is 14.1. The summed E-state index contributed by atoms with van der Waals surface area (Å²) < 4.78 is 7.39. The fourth-order valence-electron chi connectivity index (χ4n) is 2.89. The molecule has 0 fully saturated rings. The minimum absolute atomic E-state index is 0.0500. The highest BCUT2D eigenvalue weighted by Crippen LogP contribution is 2.33. The number of benzene rings is 3. The molecule has 33 heavy (non-hydrogen) atoms. The van der Waals surface area contributed by atoms with Gasteiger partial charge in [-0.1, -0.05) is 35.9 Å². The number of hydrogen-bond donors (Lipinski definition) is 1. The predicted molar refractivity (Wildman–Crippen MR) is 141 cm³/mol. The Morgan fingerprint density at radius 2 is 1.97 bits per heavy atom. The molecular formula is C25H16BrClIN3O2. The molecule has 0 unspecified atom stereocenters. The molecule has 0 saturated heterocycles. The van der Waals surface area contributed by atoms with Gasteiger partial charge in [-0.05, 0) is 93.0 Å². The van der Waals surface area contributed by atoms with Crippen LogP contribution in [0.4, 0.5) is 5.69 Å². The molecule has 0 aliphatic heterocycles. The smallest absolute Gasteiger partial charge is 0.266 e. The SMILES string of the molecule is Cc1ccc(NC(=O)/C(C#N)=C\c2cc(Br)c(OCc3ccccc3C#N)c(I)c2)cc1Cl. The Morgan fingerprint density at radius 3 is 2.64 bits per heavy atom. The van der Waals surface area contributed by atoms with Crippen LogP contribution in [-0.2, 0) is 11.4 Å². The van der Waals surface area contributed by atoms with Crippen LogP contribution in [0, 0.1) is 33.2 Å². The number of nitrogens with one attached hydrogen (secondary N) is 1. The Hall–Kier alpha value is -2.85. The van der Waals surface area contributed by atoms with E-state index in [0.29, 0.717) is 32.1 Å². The van der Waals surface area contributed by atoms with Gasteiger partial charge in [0.1, 0.15) is 24.0 Å². The van der Waals surface area contributed by atoms with Gasteiger partial charge in [-0.2, -0.15) is 10.5 Å². The molecule has 0 heterocycles. The van der Waals surface area contributed by atoms with Crippen molar-refractivity contribution in [1.29, 1.82) is 10.5 Å². The second kappa shape index (κ2) is 11.3. The number of halogens is 3. The van der Waals surface area contributed by atoms with E-state index >= 15 is 0 Å². The Morgan fingerprint density at radius 1 is 1.21 bits per heavy atom. The molecule has 5 nitrogen and oxygen atoms in total. The molecule has 8 heteroatoms. The van der Waals surface area contributed by atoms with Crippen LogP contribution in [0.1, 0.15) is 22.3 Å². The number of anilines is 1. The van der Waals surface area contributed by atoms with E-state index in [9.17, 15) is 15.3 Å². The molecular weight excluding hydrogens is 617 g/mol. The van der Waals surface area contributed by atoms with Gasteiger partial charge in [0.05, 0.1) is 19.7 Å². The first-order valence-corrected chi connectivity index (χ1v) is 11.9. The summed E-state index contributed by atoms with van der Waals surface area (Å²) in [6, 6.07) is 20.1. The van der Waals surface area contributed by atoms with Crippen LogP contribution >= 0.6 is 50.1 Å². The summed E-state index contributed by atoms with van der Waals surface area (Å²) in [5, 5.41) is 22.0. The third kappa shape index (κ3) is 6.35. The number of ether oxygens (including phenoxy) is 1. The molecule has 0 spiro atoms. The molecule has 0 radical (unpaired) electrons. The molecule has 1 amide bonds. The second-order valence-electron chi connectivity index (χ2n) is 6.96. The number of amides is 1. The van der Waals surface area contributed by atoms with Crippen molar-refractivity contribution >= 4 is 67.8 Å². The maximum absolute atomic E-state index is 12.6. The van der Waals surface area contributed by atoms with Gasteiger partial charge < -0.3 is 10.1 Å². The fraction of sp³-hybridized carbons (Fsp3) is 0.0800. The standard InChI is InChI=1S/C25H16BrClIN3O2/c1-15-6-7-20(11-22(15)27)31-25(32)19(13-30)8-16-9-21(26)24(23(28)10-16)33-14-18-5-3-2-4-17(18)12-29/h2-11H,14H2,1H3,(H,31,32)/b19-8-. The number of nitriles is 2. The van der Waals surface area contributed by atoms with Gasteiger partial charge in [-0.3, -0.25) is 4.79 Å². The van der Waals surface area contributed by atoms with E-state index in [2.05, 4.69) is 49.9 Å². The van der Waals surface area contributed by atoms with Gasteiger partial charge in [0, 0.05) is 16.3 Å². The Balaban J connectivity index is 1.79. The zero-order valence-electron chi connectivity index (χ0n) is 17.3. The van der Waals surface area contributed by atoms with Crippen LogP contribution in [0.5, 0.6) is 5.75 Å². The first kappa shape index (κ1) is 24.8. The molecule has 3 rings (SSSR count). The van der Waals surface area contributed by atoms with E-state index in [0.717, 1.165) is 14.7 Å². The maximum Gasteiger partial charge on any atom is 0.266 e. The van der Waals surface area contributed by atoms with Crippen LogP contribution in [0.2, 0.25) is 5.02 Å². The number of carbonyl (C=O) groups excluding carboxylic acids is 1. The molecule has 164 valence electrons. The highest BCUT2D eigenvalue weighted by atomic mass is 127. The van der Waals surface area contributed by atoms with Gasteiger partial charge in [0.2, 0.25) is 0 Å². The number of nitrogens with zero attached hydrogens (tertiary/aromatic N) is 2. The lowest BCUT2D eigenvalue weighted by Gasteiger charge is -2.12. The zero-order chi connectivity index (χ0) is 24.0. The van der Waals surface area contributed by atoms with Gasteiger partial charge >= 0.3 is 0 Å². The van der Waals surface area contributed by atoms with Crippen LogP contribution in [-0.4, -0.2) is 5.91 Å². The fourth-order valence-corrected chi connectivity index (χ4v) is 4.84. The average Bonchev–Trinajstić information content (AvgIpc) is 2.79. The summed E-state index contributed by atoms with van der Waals surface area (Å²) in [6.07, 6.45) is 1.51. The molecule has 0 aliphatic rings. The third-order valence-corrected chi connectivity index (χ3v) is 6.43. The van der Waals surface area contributed by atoms with Crippen molar-refractivity contribution < 1.29 is 9.53 Å². The van der Waals surface area contributed by atoms with Gasteiger partial charge in [0.25, 0.3) is 5.91 Å². The van der Waals surface area contributed by atoms with Crippen molar-refractivity contribution in [2.24, 2.45) is 0 Å². The molecule has 0 aromatic heterocycles. The van der Waals surface area contributed by atoms with Crippen LogP contribution < -0.4 is 10.1 Å². The second-order valence-corrected chi connectivity index (χ2v) is 9.38. The zero-order valence-corrected chi connectivity index (χ0v) is 21.8. The topological polar surface area (TPSA) is 85.9 Å². The van der Waals surface area contributed by atoms with Crippen molar-refractivity contribution in [3.05, 3.63) is 95.5 Å². The minimum Gasteiger partial charge on any atom is -0.487 e. The van der Waals surface area contributed by atoms with Crippen LogP contribution in [0.3, 0.4) is 0 Å². The van der Waals surface area contributed by atoms with Crippen LogP contribution in [0.15, 0.2) is 64.6 Å². The van der Waals surface area contributed by atoms with Crippen LogP contribution in [0.25, 0.3) is 6.08 Å². The molecule has 3 aromatic carbocycles. The first-order chi connectivity index (χ1) is 15.8. The van der Waals surface area contributed by atoms with Gasteiger partial charge in [-0.25, -0.2) is 0 Å². The van der Waals surface area contributed by atoms with E-state index in [-0.39, 0.29) is 12.2 Å². The third-order valence-electron chi connectivity index (χ3n) is 4.64. The minimum atomic E-state index is -0.531. The predicted octanol–water partition coefficient (Wildman–Crippen LogP) is 7.01. The Labute approximate surface area is 218 Å². The van der Waals surface area contributed by atoms with E-state index < -0.39 is 5.91 Å². The summed E-state index contributed by atoms with van der Waals surface area (Å²) in [5.41, 5.74) is 3.35. The summed E-state index contributed by atoms with van der Waals surface area (Å²) in [5.74, 6) is 0.0785. The highest BCUT2D eigenvalue weighted by Gasteiger charge is 2.14. The lowest BCUT2D eigenvalue weighted by atomic mass is 10.1. The lowest BCUT2D eigenvalue weighted by molar-refractivity contribution is -0.112. The van der Waals surface area contributed by atoms with E-state index in [1.807, 2.05) is 31.2 Å². The lowest BCUT2D eigenvalue weighted by Crippen LogP contribution is -2.13. The largest absolute Gasteiger partial charge is 0.487 e.